The van der Waals surface area contributed by atoms with Crippen molar-refractivity contribution in [2.75, 3.05) is 11.9 Å². The van der Waals surface area contributed by atoms with Gasteiger partial charge in [-0.2, -0.15) is 0 Å². The highest BCUT2D eigenvalue weighted by Crippen LogP contribution is 2.23. The zero-order chi connectivity index (χ0) is 11.9. The zero-order valence-electron chi connectivity index (χ0n) is 9.63. The molecule has 0 radical (unpaired) electrons. The number of anilines is 1. The fourth-order valence-electron chi connectivity index (χ4n) is 1.24. The van der Waals surface area contributed by atoms with E-state index in [2.05, 4.69) is 27.2 Å². The van der Waals surface area contributed by atoms with Crippen LogP contribution in [0.4, 0.5) is 5.95 Å². The van der Waals surface area contributed by atoms with Crippen LogP contribution in [0.15, 0.2) is 46.7 Å². The molecule has 0 aliphatic rings. The quantitative estimate of drug-likeness (QED) is 0.822. The standard InChI is InChI=1S/C12H14N4S/c1-2-7-14-12-15-9-6-11(16-12)17-10-5-3-4-8-13-10/h3-6,8-9H,2,7H2,1H3,(H,14,15,16). The van der Waals surface area contributed by atoms with Gasteiger partial charge in [-0.25, -0.2) is 15.0 Å². The zero-order valence-corrected chi connectivity index (χ0v) is 10.4. The molecule has 2 heterocycles. The maximum Gasteiger partial charge on any atom is 0.223 e. The van der Waals surface area contributed by atoms with Crippen LogP contribution in [-0.2, 0) is 0 Å². The van der Waals surface area contributed by atoms with Gasteiger partial charge in [0, 0.05) is 18.9 Å². The number of hydrogen-bond donors (Lipinski definition) is 1. The van der Waals surface area contributed by atoms with Crippen LogP contribution in [0.1, 0.15) is 13.3 Å². The summed E-state index contributed by atoms with van der Waals surface area (Å²) in [6, 6.07) is 7.72. The van der Waals surface area contributed by atoms with Gasteiger partial charge in [-0.05, 0) is 36.4 Å². The molecule has 0 bridgehead atoms. The molecule has 0 unspecified atom stereocenters. The van der Waals surface area contributed by atoms with Gasteiger partial charge in [-0.1, -0.05) is 13.0 Å². The molecule has 0 saturated heterocycles. The summed E-state index contributed by atoms with van der Waals surface area (Å²) < 4.78 is 0. The average Bonchev–Trinajstić information content (AvgIpc) is 2.38. The van der Waals surface area contributed by atoms with Crippen molar-refractivity contribution >= 4 is 17.7 Å². The molecule has 0 aliphatic carbocycles. The number of hydrogen-bond acceptors (Lipinski definition) is 5. The van der Waals surface area contributed by atoms with Crippen LogP contribution in [-0.4, -0.2) is 21.5 Å². The molecule has 0 aliphatic heterocycles. The van der Waals surface area contributed by atoms with Crippen LogP contribution >= 0.6 is 11.8 Å². The molecule has 2 aromatic heterocycles. The molecule has 2 aromatic rings. The third-order valence-electron chi connectivity index (χ3n) is 2.01. The summed E-state index contributed by atoms with van der Waals surface area (Å²) in [7, 11) is 0. The van der Waals surface area contributed by atoms with Gasteiger partial charge in [-0.15, -0.1) is 0 Å². The largest absolute Gasteiger partial charge is 0.354 e. The van der Waals surface area contributed by atoms with Gasteiger partial charge < -0.3 is 5.32 Å². The molecule has 1 N–H and O–H groups in total. The van der Waals surface area contributed by atoms with E-state index in [-0.39, 0.29) is 0 Å². The number of aromatic nitrogens is 3. The van der Waals surface area contributed by atoms with Crippen LogP contribution < -0.4 is 5.32 Å². The van der Waals surface area contributed by atoms with Gasteiger partial charge in [0.05, 0.1) is 0 Å². The molecule has 0 amide bonds. The first-order chi connectivity index (χ1) is 8.38. The SMILES string of the molecule is CCCNc1nccc(Sc2ccccn2)n1. The Kier molecular flexibility index (Phi) is 4.32. The molecule has 88 valence electrons. The summed E-state index contributed by atoms with van der Waals surface area (Å²) >= 11 is 1.53. The molecule has 5 heteroatoms. The third kappa shape index (κ3) is 3.71. The highest BCUT2D eigenvalue weighted by molar-refractivity contribution is 7.99. The lowest BCUT2D eigenvalue weighted by Crippen LogP contribution is -2.04. The fraction of sp³-hybridized carbons (Fsp3) is 0.250. The second kappa shape index (κ2) is 6.20. The van der Waals surface area contributed by atoms with E-state index in [1.165, 1.54) is 11.8 Å². The smallest absolute Gasteiger partial charge is 0.223 e. The van der Waals surface area contributed by atoms with Crippen molar-refractivity contribution < 1.29 is 0 Å². The first-order valence-electron chi connectivity index (χ1n) is 5.54. The molecular weight excluding hydrogens is 232 g/mol. The lowest BCUT2D eigenvalue weighted by molar-refractivity contribution is 0.934. The number of nitrogens with zero attached hydrogens (tertiary/aromatic N) is 3. The normalized spacial score (nSPS) is 10.2. The fourth-order valence-corrected chi connectivity index (χ4v) is 1.97. The van der Waals surface area contributed by atoms with Crippen molar-refractivity contribution in [3.8, 4) is 0 Å². The van der Waals surface area contributed by atoms with Gasteiger partial charge in [-0.3, -0.25) is 0 Å². The second-order valence-corrected chi connectivity index (χ2v) is 4.46. The van der Waals surface area contributed by atoms with E-state index in [4.69, 9.17) is 0 Å². The van der Waals surface area contributed by atoms with Crippen molar-refractivity contribution in [1.82, 2.24) is 15.0 Å². The summed E-state index contributed by atoms with van der Waals surface area (Å²) in [5, 5.41) is 5.00. The second-order valence-electron chi connectivity index (χ2n) is 3.42. The van der Waals surface area contributed by atoms with Crippen LogP contribution in [0.2, 0.25) is 0 Å². The Morgan fingerprint density at radius 1 is 1.12 bits per heavy atom. The van der Waals surface area contributed by atoms with E-state index >= 15 is 0 Å². The van der Waals surface area contributed by atoms with Crippen LogP contribution in [0, 0.1) is 0 Å². The van der Waals surface area contributed by atoms with Crippen molar-refractivity contribution in [1.29, 1.82) is 0 Å². The molecule has 4 nitrogen and oxygen atoms in total. The van der Waals surface area contributed by atoms with E-state index in [1.807, 2.05) is 24.3 Å². The van der Waals surface area contributed by atoms with E-state index in [0.717, 1.165) is 23.0 Å². The van der Waals surface area contributed by atoms with E-state index in [0.29, 0.717) is 5.95 Å². The Labute approximate surface area is 105 Å². The molecule has 0 fully saturated rings. The molecule has 17 heavy (non-hydrogen) atoms. The van der Waals surface area contributed by atoms with Gasteiger partial charge in [0.2, 0.25) is 5.95 Å². The highest BCUT2D eigenvalue weighted by atomic mass is 32.2. The number of pyridine rings is 1. The third-order valence-corrected chi connectivity index (χ3v) is 2.90. The van der Waals surface area contributed by atoms with E-state index in [1.54, 1.807) is 12.4 Å². The summed E-state index contributed by atoms with van der Waals surface area (Å²) in [5.74, 6) is 0.674. The summed E-state index contributed by atoms with van der Waals surface area (Å²) in [6.45, 7) is 3.00. The van der Waals surface area contributed by atoms with E-state index < -0.39 is 0 Å². The van der Waals surface area contributed by atoms with Crippen molar-refractivity contribution in [2.24, 2.45) is 0 Å². The maximum atomic E-state index is 4.41. The summed E-state index contributed by atoms with van der Waals surface area (Å²) in [5.41, 5.74) is 0. The maximum absolute atomic E-state index is 4.41. The minimum absolute atomic E-state index is 0.674. The van der Waals surface area contributed by atoms with Gasteiger partial charge in [0.15, 0.2) is 0 Å². The Bertz CT molecular complexity index is 461. The molecule has 0 saturated carbocycles. The molecule has 0 atom stereocenters. The van der Waals surface area contributed by atoms with Crippen LogP contribution in [0.3, 0.4) is 0 Å². The topological polar surface area (TPSA) is 50.7 Å². The van der Waals surface area contributed by atoms with Crippen LogP contribution in [0.25, 0.3) is 0 Å². The number of nitrogens with one attached hydrogen (secondary N) is 1. The first kappa shape index (κ1) is 11.9. The number of rotatable bonds is 5. The highest BCUT2D eigenvalue weighted by Gasteiger charge is 2.01. The van der Waals surface area contributed by atoms with Crippen LogP contribution in [0.5, 0.6) is 0 Å². The summed E-state index contributed by atoms with van der Waals surface area (Å²) in [6.07, 6.45) is 4.59. The van der Waals surface area contributed by atoms with Crippen molar-refractivity contribution in [2.45, 2.75) is 23.4 Å². The Morgan fingerprint density at radius 3 is 2.82 bits per heavy atom. The van der Waals surface area contributed by atoms with Crippen molar-refractivity contribution in [3.05, 3.63) is 36.7 Å². The predicted molar refractivity (Wildman–Crippen MR) is 69.2 cm³/mol. The minimum atomic E-state index is 0.674. The molecule has 0 spiro atoms. The van der Waals surface area contributed by atoms with Gasteiger partial charge in [0.25, 0.3) is 0 Å². The Morgan fingerprint density at radius 2 is 2.06 bits per heavy atom. The Hall–Kier alpha value is -1.62. The monoisotopic (exact) mass is 246 g/mol. The van der Waals surface area contributed by atoms with Gasteiger partial charge in [0.1, 0.15) is 10.1 Å². The molecule has 2 rings (SSSR count). The first-order valence-corrected chi connectivity index (χ1v) is 6.36. The lowest BCUT2D eigenvalue weighted by atomic mass is 10.5. The molecular formula is C12H14N4S. The lowest BCUT2D eigenvalue weighted by Gasteiger charge is -2.04. The molecule has 0 aromatic carbocycles. The van der Waals surface area contributed by atoms with Crippen molar-refractivity contribution in [3.63, 3.8) is 0 Å². The predicted octanol–water partition coefficient (Wildman–Crippen LogP) is 2.84. The average molecular weight is 246 g/mol. The minimum Gasteiger partial charge on any atom is -0.354 e. The Balaban J connectivity index is 2.06. The van der Waals surface area contributed by atoms with E-state index in [9.17, 15) is 0 Å². The summed E-state index contributed by atoms with van der Waals surface area (Å²) in [4.78, 5) is 12.8. The van der Waals surface area contributed by atoms with Gasteiger partial charge >= 0.3 is 0 Å².